The molecule has 1 fully saturated rings. The summed E-state index contributed by atoms with van der Waals surface area (Å²) in [5.41, 5.74) is 1.55. The van der Waals surface area contributed by atoms with Gasteiger partial charge in [0.1, 0.15) is 0 Å². The molecule has 7 nitrogen and oxygen atoms in total. The Kier molecular flexibility index (Phi) is 4.58. The van der Waals surface area contributed by atoms with E-state index in [0.29, 0.717) is 19.4 Å². The third-order valence-electron chi connectivity index (χ3n) is 3.44. The number of nitrogens with one attached hydrogen (secondary N) is 1. The highest BCUT2D eigenvalue weighted by molar-refractivity contribution is 7.88. The normalized spacial score (nSPS) is 20.2. The van der Waals surface area contributed by atoms with E-state index >= 15 is 0 Å². The topological polar surface area (TPSA) is 92.3 Å². The fraction of sp³-hybridized carbons (Fsp3) is 0.615. The second-order valence-electron chi connectivity index (χ2n) is 5.42. The number of piperidine rings is 1. The summed E-state index contributed by atoms with van der Waals surface area (Å²) in [6.07, 6.45) is 2.52. The molecule has 116 valence electrons. The zero-order valence-electron chi connectivity index (χ0n) is 12.5. The Morgan fingerprint density at radius 3 is 2.52 bits per heavy atom. The first-order valence-electron chi connectivity index (χ1n) is 6.84. The van der Waals surface area contributed by atoms with Crippen LogP contribution in [0.3, 0.4) is 0 Å². The van der Waals surface area contributed by atoms with Crippen LogP contribution >= 0.6 is 0 Å². The van der Waals surface area contributed by atoms with Gasteiger partial charge in [-0.2, -0.15) is 0 Å². The average Bonchev–Trinajstić information content (AvgIpc) is 2.36. The SMILES string of the molecule is Cc1cc(C)nc(NC(=O)[C@H]2CCCN(S(C)(=O)=O)C2)n1. The van der Waals surface area contributed by atoms with Crippen LogP contribution < -0.4 is 5.32 Å². The fourth-order valence-electron chi connectivity index (χ4n) is 2.45. The Hall–Kier alpha value is -1.54. The monoisotopic (exact) mass is 312 g/mol. The van der Waals surface area contributed by atoms with Crippen LogP contribution in [0, 0.1) is 19.8 Å². The summed E-state index contributed by atoms with van der Waals surface area (Å²) >= 11 is 0. The summed E-state index contributed by atoms with van der Waals surface area (Å²) in [7, 11) is -3.26. The predicted molar refractivity (Wildman–Crippen MR) is 79.3 cm³/mol. The van der Waals surface area contributed by atoms with Crippen LogP contribution in [-0.2, 0) is 14.8 Å². The number of amides is 1. The highest BCUT2D eigenvalue weighted by Crippen LogP contribution is 2.20. The first-order valence-corrected chi connectivity index (χ1v) is 8.69. The van der Waals surface area contributed by atoms with Crippen molar-refractivity contribution >= 4 is 21.9 Å². The fourth-order valence-corrected chi connectivity index (χ4v) is 3.36. The van der Waals surface area contributed by atoms with Crippen molar-refractivity contribution in [3.8, 4) is 0 Å². The van der Waals surface area contributed by atoms with E-state index in [2.05, 4.69) is 15.3 Å². The van der Waals surface area contributed by atoms with Crippen molar-refractivity contribution in [3.05, 3.63) is 17.5 Å². The lowest BCUT2D eigenvalue weighted by molar-refractivity contribution is -0.120. The molecule has 0 spiro atoms. The number of carbonyl (C=O) groups is 1. The van der Waals surface area contributed by atoms with Crippen LogP contribution in [0.2, 0.25) is 0 Å². The minimum absolute atomic E-state index is 0.218. The van der Waals surface area contributed by atoms with Gasteiger partial charge >= 0.3 is 0 Å². The Bertz CT molecular complexity index is 625. The number of aromatic nitrogens is 2. The van der Waals surface area contributed by atoms with Gasteiger partial charge in [0.2, 0.25) is 21.9 Å². The van der Waals surface area contributed by atoms with Crippen molar-refractivity contribution in [2.75, 3.05) is 24.7 Å². The van der Waals surface area contributed by atoms with Crippen LogP contribution in [0.15, 0.2) is 6.07 Å². The summed E-state index contributed by atoms with van der Waals surface area (Å²) in [5, 5.41) is 2.68. The Morgan fingerprint density at radius 2 is 1.95 bits per heavy atom. The molecule has 0 unspecified atom stereocenters. The van der Waals surface area contributed by atoms with E-state index in [1.807, 2.05) is 19.9 Å². The molecule has 1 aromatic rings. The zero-order valence-corrected chi connectivity index (χ0v) is 13.3. The second kappa shape index (κ2) is 6.07. The third-order valence-corrected chi connectivity index (χ3v) is 4.71. The van der Waals surface area contributed by atoms with E-state index in [4.69, 9.17) is 0 Å². The summed E-state index contributed by atoms with van der Waals surface area (Å²) in [4.78, 5) is 20.6. The first-order chi connectivity index (χ1) is 9.75. The Morgan fingerprint density at radius 1 is 1.33 bits per heavy atom. The maximum Gasteiger partial charge on any atom is 0.231 e. The number of rotatable bonds is 3. The lowest BCUT2D eigenvalue weighted by Gasteiger charge is -2.29. The van der Waals surface area contributed by atoms with Crippen LogP contribution in [0.1, 0.15) is 24.2 Å². The summed E-state index contributed by atoms with van der Waals surface area (Å²) < 4.78 is 24.5. The lowest BCUT2D eigenvalue weighted by atomic mass is 9.99. The molecular weight excluding hydrogens is 292 g/mol. The molecule has 0 aliphatic carbocycles. The van der Waals surface area contributed by atoms with Gasteiger partial charge in [0.05, 0.1) is 12.2 Å². The van der Waals surface area contributed by atoms with E-state index in [0.717, 1.165) is 11.4 Å². The molecule has 1 N–H and O–H groups in total. The van der Waals surface area contributed by atoms with E-state index in [9.17, 15) is 13.2 Å². The zero-order chi connectivity index (χ0) is 15.6. The minimum atomic E-state index is -3.26. The molecule has 0 aromatic carbocycles. The molecule has 0 radical (unpaired) electrons. The number of aryl methyl sites for hydroxylation is 2. The van der Waals surface area contributed by atoms with Crippen molar-refractivity contribution in [1.82, 2.24) is 14.3 Å². The molecule has 1 aliphatic rings. The molecule has 0 bridgehead atoms. The largest absolute Gasteiger partial charge is 0.294 e. The van der Waals surface area contributed by atoms with Gasteiger partial charge in [-0.05, 0) is 32.8 Å². The summed E-state index contributed by atoms with van der Waals surface area (Å²) in [5.74, 6) is -0.319. The second-order valence-corrected chi connectivity index (χ2v) is 7.41. The number of anilines is 1. The molecule has 2 heterocycles. The van der Waals surface area contributed by atoms with Gasteiger partial charge in [-0.25, -0.2) is 22.7 Å². The summed E-state index contributed by atoms with van der Waals surface area (Å²) in [6, 6.07) is 1.82. The van der Waals surface area contributed by atoms with Gasteiger partial charge in [-0.3, -0.25) is 10.1 Å². The molecular formula is C13H20N4O3S. The van der Waals surface area contributed by atoms with Crippen molar-refractivity contribution in [1.29, 1.82) is 0 Å². The minimum Gasteiger partial charge on any atom is -0.294 e. The van der Waals surface area contributed by atoms with E-state index in [1.54, 1.807) is 0 Å². The average molecular weight is 312 g/mol. The van der Waals surface area contributed by atoms with Crippen LogP contribution in [0.25, 0.3) is 0 Å². The van der Waals surface area contributed by atoms with Gasteiger partial charge in [0, 0.05) is 24.5 Å². The molecule has 1 amide bonds. The lowest BCUT2D eigenvalue weighted by Crippen LogP contribution is -2.43. The van der Waals surface area contributed by atoms with Crippen LogP contribution in [0.4, 0.5) is 5.95 Å². The molecule has 8 heteroatoms. The maximum absolute atomic E-state index is 12.3. The van der Waals surface area contributed by atoms with Gasteiger partial charge in [-0.1, -0.05) is 0 Å². The van der Waals surface area contributed by atoms with Crippen molar-refractivity contribution in [2.24, 2.45) is 5.92 Å². The number of hydrogen-bond acceptors (Lipinski definition) is 5. The maximum atomic E-state index is 12.3. The molecule has 1 aliphatic heterocycles. The molecule has 0 saturated carbocycles. The number of sulfonamides is 1. The van der Waals surface area contributed by atoms with Crippen molar-refractivity contribution in [3.63, 3.8) is 0 Å². The number of hydrogen-bond donors (Lipinski definition) is 1. The predicted octanol–water partition coefficient (Wildman–Crippen LogP) is 0.704. The highest BCUT2D eigenvalue weighted by Gasteiger charge is 2.30. The Labute approximate surface area is 124 Å². The highest BCUT2D eigenvalue weighted by atomic mass is 32.2. The molecule has 1 atom stereocenters. The van der Waals surface area contributed by atoms with Crippen LogP contribution in [0.5, 0.6) is 0 Å². The first kappa shape index (κ1) is 15.8. The molecule has 1 aromatic heterocycles. The summed E-state index contributed by atoms with van der Waals surface area (Å²) in [6.45, 7) is 4.35. The van der Waals surface area contributed by atoms with Gasteiger partial charge < -0.3 is 0 Å². The third kappa shape index (κ3) is 4.21. The van der Waals surface area contributed by atoms with E-state index < -0.39 is 10.0 Å². The molecule has 2 rings (SSSR count). The molecule has 1 saturated heterocycles. The van der Waals surface area contributed by atoms with E-state index in [1.165, 1.54) is 10.6 Å². The number of carbonyl (C=O) groups excluding carboxylic acids is 1. The van der Waals surface area contributed by atoms with Gasteiger partial charge in [0.25, 0.3) is 0 Å². The van der Waals surface area contributed by atoms with Gasteiger partial charge in [0.15, 0.2) is 0 Å². The van der Waals surface area contributed by atoms with Gasteiger partial charge in [-0.15, -0.1) is 0 Å². The standard InChI is InChI=1S/C13H20N4O3S/c1-9-7-10(2)15-13(14-9)16-12(18)11-5-4-6-17(8-11)21(3,19)20/h7,11H,4-6,8H2,1-3H3,(H,14,15,16,18)/t11-/m0/s1. The quantitative estimate of drug-likeness (QED) is 0.887. The molecule has 21 heavy (non-hydrogen) atoms. The van der Waals surface area contributed by atoms with Crippen molar-refractivity contribution in [2.45, 2.75) is 26.7 Å². The van der Waals surface area contributed by atoms with Crippen LogP contribution in [-0.4, -0.2) is 47.9 Å². The smallest absolute Gasteiger partial charge is 0.231 e. The van der Waals surface area contributed by atoms with E-state index in [-0.39, 0.29) is 24.3 Å². The Balaban J connectivity index is 2.06. The van der Waals surface area contributed by atoms with Crippen molar-refractivity contribution < 1.29 is 13.2 Å². The number of nitrogens with zero attached hydrogens (tertiary/aromatic N) is 3.